The van der Waals surface area contributed by atoms with Gasteiger partial charge in [0.2, 0.25) is 17.8 Å². The van der Waals surface area contributed by atoms with E-state index in [1.807, 2.05) is 35.8 Å². The zero-order valence-corrected chi connectivity index (χ0v) is 18.7. The fourth-order valence-electron chi connectivity index (χ4n) is 3.38. The molecule has 0 aliphatic carbocycles. The fraction of sp³-hybridized carbons (Fsp3) is 0.273. The van der Waals surface area contributed by atoms with Gasteiger partial charge in [-0.15, -0.1) is 10.2 Å². The van der Waals surface area contributed by atoms with Crippen LogP contribution in [0.3, 0.4) is 0 Å². The van der Waals surface area contributed by atoms with Crippen LogP contribution in [0.25, 0.3) is 0 Å². The molecule has 10 heteroatoms. The zero-order valence-electron chi connectivity index (χ0n) is 17.9. The maximum atomic E-state index is 12.4. The van der Waals surface area contributed by atoms with Crippen LogP contribution in [0.1, 0.15) is 13.8 Å². The molecule has 0 saturated heterocycles. The second-order valence-electron chi connectivity index (χ2n) is 7.11. The summed E-state index contributed by atoms with van der Waals surface area (Å²) in [5, 5.41) is 14.9. The molecule has 0 radical (unpaired) electrons. The van der Waals surface area contributed by atoms with Gasteiger partial charge in [0, 0.05) is 37.1 Å². The van der Waals surface area contributed by atoms with E-state index in [-0.39, 0.29) is 17.6 Å². The highest BCUT2D eigenvalue weighted by Gasteiger charge is 2.26. The summed E-state index contributed by atoms with van der Waals surface area (Å²) < 4.78 is 7.53. The topological polar surface area (TPSA) is 101 Å². The minimum atomic E-state index is -0.139. The number of hydrogen-bond acceptors (Lipinski definition) is 7. The molecule has 4 rings (SSSR count). The highest BCUT2D eigenvalue weighted by atomic mass is 32.2. The molecule has 0 bridgehead atoms. The van der Waals surface area contributed by atoms with Crippen molar-refractivity contribution in [3.63, 3.8) is 0 Å². The summed E-state index contributed by atoms with van der Waals surface area (Å²) in [4.78, 5) is 25.5. The van der Waals surface area contributed by atoms with Gasteiger partial charge in [-0.3, -0.25) is 14.2 Å². The Kier molecular flexibility index (Phi) is 6.60. The molecule has 9 nitrogen and oxygen atoms in total. The average molecular weight is 453 g/mol. The monoisotopic (exact) mass is 452 g/mol. The number of amides is 2. The number of aromatic nitrogens is 3. The molecule has 1 aliphatic rings. The molecule has 2 amide bonds. The number of nitrogens with one attached hydrogen (secondary N) is 2. The van der Waals surface area contributed by atoms with E-state index in [9.17, 15) is 9.59 Å². The minimum Gasteiger partial charge on any atom is -0.494 e. The van der Waals surface area contributed by atoms with Gasteiger partial charge in [-0.25, -0.2) is 0 Å². The van der Waals surface area contributed by atoms with Gasteiger partial charge in [0.25, 0.3) is 0 Å². The predicted molar refractivity (Wildman–Crippen MR) is 125 cm³/mol. The first kappa shape index (κ1) is 21.7. The summed E-state index contributed by atoms with van der Waals surface area (Å²) in [5.41, 5.74) is 2.37. The SMILES string of the molecule is CCOc1ccc(N2CCn3c(SCC(=O)Nc4ccc(NC(C)=O)cc4)nnc32)cc1. The van der Waals surface area contributed by atoms with Gasteiger partial charge in [0.1, 0.15) is 5.75 Å². The number of carbonyl (C=O) groups is 2. The molecule has 2 aromatic carbocycles. The van der Waals surface area contributed by atoms with E-state index in [1.54, 1.807) is 24.3 Å². The molecule has 0 atom stereocenters. The zero-order chi connectivity index (χ0) is 22.5. The Bertz CT molecular complexity index is 1100. The van der Waals surface area contributed by atoms with E-state index < -0.39 is 0 Å². The number of ether oxygens (including phenoxy) is 1. The Balaban J connectivity index is 1.34. The van der Waals surface area contributed by atoms with Crippen molar-refractivity contribution in [2.75, 3.05) is 34.4 Å². The van der Waals surface area contributed by atoms with Gasteiger partial charge in [0.05, 0.1) is 12.4 Å². The number of carbonyl (C=O) groups excluding carboxylic acids is 2. The number of nitrogens with zero attached hydrogens (tertiary/aromatic N) is 4. The van der Waals surface area contributed by atoms with E-state index in [2.05, 4.69) is 25.7 Å². The standard InChI is InChI=1S/C22H24N6O3S/c1-3-31-19-10-8-18(9-11-19)27-12-13-28-21(27)25-26-22(28)32-14-20(30)24-17-6-4-16(5-7-17)23-15(2)29/h4-11H,3,12-14H2,1-2H3,(H,23,29)(H,24,30). The van der Waals surface area contributed by atoms with Gasteiger partial charge in [0.15, 0.2) is 5.16 Å². The second-order valence-corrected chi connectivity index (χ2v) is 8.05. The van der Waals surface area contributed by atoms with Gasteiger partial charge in [-0.05, 0) is 55.5 Å². The Morgan fingerprint density at radius 1 is 1.00 bits per heavy atom. The van der Waals surface area contributed by atoms with Crippen LogP contribution < -0.4 is 20.3 Å². The summed E-state index contributed by atoms with van der Waals surface area (Å²) in [6.45, 7) is 5.59. The summed E-state index contributed by atoms with van der Waals surface area (Å²) in [7, 11) is 0. The summed E-state index contributed by atoms with van der Waals surface area (Å²) in [5.74, 6) is 1.55. The van der Waals surface area contributed by atoms with Crippen LogP contribution in [0.2, 0.25) is 0 Å². The Morgan fingerprint density at radius 3 is 2.34 bits per heavy atom. The first-order valence-corrected chi connectivity index (χ1v) is 11.3. The molecule has 2 N–H and O–H groups in total. The molecule has 2 heterocycles. The Labute approximate surface area is 190 Å². The van der Waals surface area contributed by atoms with Crippen LogP contribution in [0.4, 0.5) is 23.0 Å². The first-order chi connectivity index (χ1) is 15.5. The van der Waals surface area contributed by atoms with Gasteiger partial charge in [-0.1, -0.05) is 11.8 Å². The lowest BCUT2D eigenvalue weighted by molar-refractivity contribution is -0.114. The predicted octanol–water partition coefficient (Wildman–Crippen LogP) is 3.52. The normalized spacial score (nSPS) is 12.4. The molecule has 0 fully saturated rings. The van der Waals surface area contributed by atoms with E-state index in [0.717, 1.165) is 30.5 Å². The fourth-order valence-corrected chi connectivity index (χ4v) is 4.14. The van der Waals surface area contributed by atoms with E-state index >= 15 is 0 Å². The van der Waals surface area contributed by atoms with E-state index in [1.165, 1.54) is 18.7 Å². The summed E-state index contributed by atoms with van der Waals surface area (Å²) in [6.07, 6.45) is 0. The Hall–Kier alpha value is -3.53. The number of fused-ring (bicyclic) bond motifs is 1. The van der Waals surface area contributed by atoms with Crippen molar-refractivity contribution in [1.82, 2.24) is 14.8 Å². The number of thioether (sulfide) groups is 1. The van der Waals surface area contributed by atoms with Crippen LogP contribution >= 0.6 is 11.8 Å². The van der Waals surface area contributed by atoms with Gasteiger partial charge < -0.3 is 20.3 Å². The molecule has 32 heavy (non-hydrogen) atoms. The van der Waals surface area contributed by atoms with Crippen LogP contribution in [0.5, 0.6) is 5.75 Å². The maximum absolute atomic E-state index is 12.4. The quantitative estimate of drug-likeness (QED) is 0.504. The molecule has 0 spiro atoms. The van der Waals surface area contributed by atoms with Crippen molar-refractivity contribution < 1.29 is 14.3 Å². The maximum Gasteiger partial charge on any atom is 0.234 e. The van der Waals surface area contributed by atoms with Crippen molar-refractivity contribution in [3.05, 3.63) is 48.5 Å². The van der Waals surface area contributed by atoms with Crippen LogP contribution in [0.15, 0.2) is 53.7 Å². The van der Waals surface area contributed by atoms with Crippen molar-refractivity contribution >= 4 is 46.6 Å². The minimum absolute atomic E-state index is 0.138. The van der Waals surface area contributed by atoms with Crippen LogP contribution in [0, 0.1) is 0 Å². The summed E-state index contributed by atoms with van der Waals surface area (Å²) in [6, 6.07) is 14.9. The number of hydrogen-bond donors (Lipinski definition) is 2. The third-order valence-electron chi connectivity index (χ3n) is 4.77. The number of anilines is 4. The molecular weight excluding hydrogens is 428 g/mol. The molecular formula is C22H24N6O3S. The van der Waals surface area contributed by atoms with Crippen LogP contribution in [-0.4, -0.2) is 45.5 Å². The average Bonchev–Trinajstić information content (AvgIpc) is 3.37. The van der Waals surface area contributed by atoms with Crippen molar-refractivity contribution in [3.8, 4) is 5.75 Å². The van der Waals surface area contributed by atoms with Crippen molar-refractivity contribution in [2.24, 2.45) is 0 Å². The molecule has 3 aromatic rings. The third kappa shape index (κ3) is 5.02. The summed E-state index contributed by atoms with van der Waals surface area (Å²) >= 11 is 1.35. The van der Waals surface area contributed by atoms with Crippen molar-refractivity contribution in [1.29, 1.82) is 0 Å². The van der Waals surface area contributed by atoms with E-state index in [4.69, 9.17) is 4.74 Å². The lowest BCUT2D eigenvalue weighted by Crippen LogP contribution is -2.15. The molecule has 0 saturated carbocycles. The third-order valence-corrected chi connectivity index (χ3v) is 5.73. The first-order valence-electron chi connectivity index (χ1n) is 10.3. The van der Waals surface area contributed by atoms with Crippen LogP contribution in [-0.2, 0) is 16.1 Å². The smallest absolute Gasteiger partial charge is 0.234 e. The highest BCUT2D eigenvalue weighted by Crippen LogP contribution is 2.32. The van der Waals surface area contributed by atoms with E-state index in [0.29, 0.717) is 23.1 Å². The van der Waals surface area contributed by atoms with Gasteiger partial charge >= 0.3 is 0 Å². The highest BCUT2D eigenvalue weighted by molar-refractivity contribution is 7.99. The molecule has 1 aromatic heterocycles. The molecule has 1 aliphatic heterocycles. The molecule has 0 unspecified atom stereocenters. The lowest BCUT2D eigenvalue weighted by atomic mass is 10.3. The Morgan fingerprint density at radius 2 is 1.69 bits per heavy atom. The molecule has 166 valence electrons. The number of benzene rings is 2. The van der Waals surface area contributed by atoms with Gasteiger partial charge in [-0.2, -0.15) is 0 Å². The lowest BCUT2D eigenvalue weighted by Gasteiger charge is -2.15. The largest absolute Gasteiger partial charge is 0.494 e. The number of rotatable bonds is 8. The second kappa shape index (κ2) is 9.73. The van der Waals surface area contributed by atoms with Crippen molar-refractivity contribution in [2.45, 2.75) is 25.5 Å².